The van der Waals surface area contributed by atoms with Crippen molar-refractivity contribution in [2.24, 2.45) is 0 Å². The third kappa shape index (κ3) is 3.64. The number of rotatable bonds is 4. The highest BCUT2D eigenvalue weighted by Crippen LogP contribution is 2.34. The fraction of sp³-hybridized carbons (Fsp3) is 0.294. The Morgan fingerprint density at radius 1 is 1.05 bits per heavy atom. The van der Waals surface area contributed by atoms with Crippen LogP contribution in [0.2, 0.25) is 0 Å². The van der Waals surface area contributed by atoms with Gasteiger partial charge in [0.2, 0.25) is 0 Å². The zero-order chi connectivity index (χ0) is 14.7. The van der Waals surface area contributed by atoms with Crippen LogP contribution in [-0.4, -0.2) is 0 Å². The van der Waals surface area contributed by atoms with E-state index < -0.39 is 0 Å². The van der Waals surface area contributed by atoms with Crippen LogP contribution in [0.5, 0.6) is 11.5 Å². The van der Waals surface area contributed by atoms with Gasteiger partial charge in [-0.3, -0.25) is 0 Å². The minimum atomic E-state index is 0.438. The summed E-state index contributed by atoms with van der Waals surface area (Å²) in [5, 5.41) is 0.768. The molecule has 0 fully saturated rings. The van der Waals surface area contributed by atoms with Gasteiger partial charge >= 0.3 is 0 Å². The quantitative estimate of drug-likeness (QED) is 0.530. The summed E-state index contributed by atoms with van der Waals surface area (Å²) >= 11 is 7.01. The first-order valence-corrected chi connectivity index (χ1v) is 8.55. The van der Waals surface area contributed by atoms with Crippen molar-refractivity contribution in [3.05, 3.63) is 57.6 Å². The van der Waals surface area contributed by atoms with Gasteiger partial charge in [-0.1, -0.05) is 57.8 Å². The van der Waals surface area contributed by atoms with E-state index in [0.717, 1.165) is 26.9 Å². The molecule has 0 N–H and O–H groups in total. The first-order chi connectivity index (χ1) is 9.51. The summed E-state index contributed by atoms with van der Waals surface area (Å²) in [4.78, 5) is 0. The molecule has 0 aliphatic heterocycles. The summed E-state index contributed by atoms with van der Waals surface area (Å²) in [5.41, 5.74) is 3.58. The van der Waals surface area contributed by atoms with Gasteiger partial charge in [0, 0.05) is 15.4 Å². The van der Waals surface area contributed by atoms with Crippen LogP contribution in [0.3, 0.4) is 0 Å². The predicted octanol–water partition coefficient (Wildman–Crippen LogP) is 6.57. The topological polar surface area (TPSA) is 9.23 Å². The molecule has 2 aromatic rings. The smallest absolute Gasteiger partial charge is 0.131 e. The highest BCUT2D eigenvalue weighted by Gasteiger charge is 2.11. The van der Waals surface area contributed by atoms with E-state index in [1.807, 2.05) is 12.1 Å². The number of hydrogen-bond donors (Lipinski definition) is 0. The number of hydrogen-bond acceptors (Lipinski definition) is 1. The van der Waals surface area contributed by atoms with Crippen LogP contribution in [-0.2, 0) is 5.33 Å². The second kappa shape index (κ2) is 6.77. The molecule has 0 saturated carbocycles. The fourth-order valence-electron chi connectivity index (χ4n) is 2.08. The van der Waals surface area contributed by atoms with E-state index in [9.17, 15) is 0 Å². The molecule has 0 atom stereocenters. The van der Waals surface area contributed by atoms with Gasteiger partial charge in [-0.2, -0.15) is 0 Å². The number of halogens is 2. The second-order valence-electron chi connectivity index (χ2n) is 5.18. The summed E-state index contributed by atoms with van der Waals surface area (Å²) in [7, 11) is 0. The van der Waals surface area contributed by atoms with Crippen LogP contribution in [0.25, 0.3) is 0 Å². The molecule has 0 amide bonds. The van der Waals surface area contributed by atoms with E-state index in [-0.39, 0.29) is 0 Å². The third-order valence-corrected chi connectivity index (χ3v) is 4.27. The molecular weight excluding hydrogens is 380 g/mol. The largest absolute Gasteiger partial charge is 0.457 e. The van der Waals surface area contributed by atoms with E-state index in [4.69, 9.17) is 4.74 Å². The van der Waals surface area contributed by atoms with Gasteiger partial charge < -0.3 is 4.74 Å². The predicted molar refractivity (Wildman–Crippen MR) is 92.1 cm³/mol. The average molecular weight is 398 g/mol. The lowest BCUT2D eigenvalue weighted by molar-refractivity contribution is 0.469. The van der Waals surface area contributed by atoms with Crippen molar-refractivity contribution in [2.45, 2.75) is 32.0 Å². The van der Waals surface area contributed by atoms with Crippen LogP contribution in [0.15, 0.2) is 40.9 Å². The minimum absolute atomic E-state index is 0.438. The Balaban J connectivity index is 2.41. The molecule has 3 heteroatoms. The molecule has 20 heavy (non-hydrogen) atoms. The Kier molecular flexibility index (Phi) is 5.28. The molecule has 0 spiro atoms. The summed E-state index contributed by atoms with van der Waals surface area (Å²) in [6.07, 6.45) is 0. The highest BCUT2D eigenvalue weighted by molar-refractivity contribution is 9.10. The molecule has 0 aromatic heterocycles. The molecule has 2 rings (SSSR count). The zero-order valence-electron chi connectivity index (χ0n) is 11.9. The van der Waals surface area contributed by atoms with Crippen molar-refractivity contribution in [1.82, 2.24) is 0 Å². The monoisotopic (exact) mass is 396 g/mol. The van der Waals surface area contributed by atoms with E-state index >= 15 is 0 Å². The van der Waals surface area contributed by atoms with Crippen LogP contribution >= 0.6 is 31.9 Å². The van der Waals surface area contributed by atoms with E-state index in [1.165, 1.54) is 11.1 Å². The van der Waals surface area contributed by atoms with Crippen LogP contribution < -0.4 is 4.74 Å². The molecule has 106 valence electrons. The Morgan fingerprint density at radius 3 is 2.45 bits per heavy atom. The lowest BCUT2D eigenvalue weighted by atomic mass is 10.0. The summed E-state index contributed by atoms with van der Waals surface area (Å²) in [6.45, 7) is 6.46. The number of alkyl halides is 1. The van der Waals surface area contributed by atoms with Crippen LogP contribution in [0, 0.1) is 6.92 Å². The molecule has 0 aliphatic carbocycles. The third-order valence-electron chi connectivity index (χ3n) is 3.18. The molecule has 1 nitrogen and oxygen atoms in total. The van der Waals surface area contributed by atoms with Gasteiger partial charge in [-0.15, -0.1) is 0 Å². The van der Waals surface area contributed by atoms with Crippen molar-refractivity contribution >= 4 is 31.9 Å². The standard InChI is InChI=1S/C17H18Br2O/c1-11(2)15-6-4-12(3)8-17(15)20-16-7-5-14(19)9-13(16)10-18/h4-9,11H,10H2,1-3H3. The van der Waals surface area contributed by atoms with E-state index in [0.29, 0.717) is 5.92 Å². The van der Waals surface area contributed by atoms with Gasteiger partial charge in [0.15, 0.2) is 0 Å². The maximum absolute atomic E-state index is 6.18. The maximum Gasteiger partial charge on any atom is 0.131 e. The van der Waals surface area contributed by atoms with Gasteiger partial charge in [0.25, 0.3) is 0 Å². The van der Waals surface area contributed by atoms with E-state index in [1.54, 1.807) is 0 Å². The Morgan fingerprint density at radius 2 is 1.80 bits per heavy atom. The molecule has 0 bridgehead atoms. The Labute approximate surface area is 137 Å². The number of benzene rings is 2. The minimum Gasteiger partial charge on any atom is -0.457 e. The van der Waals surface area contributed by atoms with Gasteiger partial charge in [0.05, 0.1) is 0 Å². The first-order valence-electron chi connectivity index (χ1n) is 6.64. The lowest BCUT2D eigenvalue weighted by Crippen LogP contribution is -1.96. The Hall–Kier alpha value is -0.800. The molecule has 0 aliphatic rings. The molecule has 0 unspecified atom stereocenters. The van der Waals surface area contributed by atoms with Crippen molar-refractivity contribution in [3.63, 3.8) is 0 Å². The van der Waals surface area contributed by atoms with Crippen LogP contribution in [0.4, 0.5) is 0 Å². The number of aryl methyl sites for hydroxylation is 1. The summed E-state index contributed by atoms with van der Waals surface area (Å²) in [5.74, 6) is 2.29. The molecule has 0 saturated heterocycles. The van der Waals surface area contributed by atoms with Crippen molar-refractivity contribution < 1.29 is 4.74 Å². The molecule has 2 aromatic carbocycles. The number of ether oxygens (including phenoxy) is 1. The van der Waals surface area contributed by atoms with Gasteiger partial charge in [-0.25, -0.2) is 0 Å². The van der Waals surface area contributed by atoms with Gasteiger partial charge in [0.1, 0.15) is 11.5 Å². The summed E-state index contributed by atoms with van der Waals surface area (Å²) in [6, 6.07) is 12.5. The highest BCUT2D eigenvalue weighted by atomic mass is 79.9. The molecule has 0 heterocycles. The second-order valence-corrected chi connectivity index (χ2v) is 6.66. The Bertz CT molecular complexity index is 606. The SMILES string of the molecule is Cc1ccc(C(C)C)c(Oc2ccc(Br)cc2CBr)c1. The van der Waals surface area contributed by atoms with Gasteiger partial charge in [-0.05, 0) is 48.2 Å². The van der Waals surface area contributed by atoms with Crippen molar-refractivity contribution in [3.8, 4) is 11.5 Å². The fourth-order valence-corrected chi connectivity index (χ4v) is 2.92. The maximum atomic E-state index is 6.18. The molecular formula is C17H18Br2O. The molecule has 0 radical (unpaired) electrons. The van der Waals surface area contributed by atoms with Crippen LogP contribution in [0.1, 0.15) is 36.5 Å². The first kappa shape index (κ1) is 15.6. The summed E-state index contributed by atoms with van der Waals surface area (Å²) < 4.78 is 7.24. The average Bonchev–Trinajstić information content (AvgIpc) is 2.40. The van der Waals surface area contributed by atoms with E-state index in [2.05, 4.69) is 76.9 Å². The lowest BCUT2D eigenvalue weighted by Gasteiger charge is -2.16. The van der Waals surface area contributed by atoms with Crippen molar-refractivity contribution in [1.29, 1.82) is 0 Å². The normalized spacial score (nSPS) is 10.9. The zero-order valence-corrected chi connectivity index (χ0v) is 15.1. The van der Waals surface area contributed by atoms with Crippen molar-refractivity contribution in [2.75, 3.05) is 0 Å².